The van der Waals surface area contributed by atoms with E-state index in [1.807, 2.05) is 14.0 Å². The van der Waals surface area contributed by atoms with Gasteiger partial charge in [0.25, 0.3) is 5.91 Å². The Kier molecular flexibility index (Phi) is 2.73. The number of likely N-dealkylation sites (tertiary alicyclic amines) is 1. The summed E-state index contributed by atoms with van der Waals surface area (Å²) in [7, 11) is 1.84. The van der Waals surface area contributed by atoms with Crippen LogP contribution in [0.4, 0.5) is 0 Å². The lowest BCUT2D eigenvalue weighted by Gasteiger charge is -2.50. The zero-order chi connectivity index (χ0) is 12.8. The molecule has 0 atom stereocenters. The molecule has 5 nitrogen and oxygen atoms in total. The van der Waals surface area contributed by atoms with Crippen molar-refractivity contribution in [1.29, 1.82) is 0 Å². The van der Waals surface area contributed by atoms with Gasteiger partial charge in [0.2, 0.25) is 0 Å². The summed E-state index contributed by atoms with van der Waals surface area (Å²) in [5, 5.41) is 4.09. The SMILES string of the molecule is Cc1c(C(=O)N2CC(N)(C(C)C)C2)cnn1C. The lowest BCUT2D eigenvalue weighted by atomic mass is 9.80. The van der Waals surface area contributed by atoms with Gasteiger partial charge in [-0.25, -0.2) is 0 Å². The van der Waals surface area contributed by atoms with Crippen LogP contribution in [0.1, 0.15) is 29.9 Å². The Morgan fingerprint density at radius 2 is 2.12 bits per heavy atom. The molecular formula is C12H20N4O. The van der Waals surface area contributed by atoms with E-state index >= 15 is 0 Å². The van der Waals surface area contributed by atoms with Crippen molar-refractivity contribution < 1.29 is 4.79 Å². The molecule has 0 unspecified atom stereocenters. The minimum atomic E-state index is -0.216. The smallest absolute Gasteiger partial charge is 0.257 e. The highest BCUT2D eigenvalue weighted by Crippen LogP contribution is 2.27. The average Bonchev–Trinajstić information content (AvgIpc) is 2.54. The van der Waals surface area contributed by atoms with Crippen LogP contribution in [0.5, 0.6) is 0 Å². The first-order chi connectivity index (χ1) is 7.85. The van der Waals surface area contributed by atoms with Gasteiger partial charge in [-0.15, -0.1) is 0 Å². The Morgan fingerprint density at radius 1 is 1.53 bits per heavy atom. The number of rotatable bonds is 2. The van der Waals surface area contributed by atoms with Crippen molar-refractivity contribution in [2.45, 2.75) is 26.3 Å². The fraction of sp³-hybridized carbons (Fsp3) is 0.667. The topological polar surface area (TPSA) is 64.2 Å². The fourth-order valence-electron chi connectivity index (χ4n) is 2.05. The van der Waals surface area contributed by atoms with Crippen molar-refractivity contribution in [3.05, 3.63) is 17.5 Å². The molecule has 1 amide bonds. The number of carbonyl (C=O) groups excluding carboxylic acids is 1. The third-order valence-electron chi connectivity index (χ3n) is 3.87. The van der Waals surface area contributed by atoms with Crippen LogP contribution < -0.4 is 5.73 Å². The van der Waals surface area contributed by atoms with Crippen LogP contribution in [0.3, 0.4) is 0 Å². The Balaban J connectivity index is 2.08. The number of nitrogens with two attached hydrogens (primary N) is 1. The predicted octanol–water partition coefficient (Wildman–Crippen LogP) is 0.538. The van der Waals surface area contributed by atoms with Gasteiger partial charge >= 0.3 is 0 Å². The number of aromatic nitrogens is 2. The molecule has 1 saturated heterocycles. The van der Waals surface area contributed by atoms with Crippen molar-refractivity contribution in [1.82, 2.24) is 14.7 Å². The summed E-state index contributed by atoms with van der Waals surface area (Å²) in [5.74, 6) is 0.430. The quantitative estimate of drug-likeness (QED) is 0.815. The van der Waals surface area contributed by atoms with Gasteiger partial charge in [-0.3, -0.25) is 9.48 Å². The molecule has 94 valence electrons. The standard InChI is InChI=1S/C12H20N4O/c1-8(2)12(13)6-16(7-12)11(17)10-5-14-15(4)9(10)3/h5,8H,6-7,13H2,1-4H3. The second kappa shape index (κ2) is 3.84. The van der Waals surface area contributed by atoms with Crippen molar-refractivity contribution in [3.63, 3.8) is 0 Å². The van der Waals surface area contributed by atoms with E-state index in [1.54, 1.807) is 15.8 Å². The lowest BCUT2D eigenvalue weighted by Crippen LogP contribution is -2.71. The Morgan fingerprint density at radius 3 is 2.53 bits per heavy atom. The molecule has 5 heteroatoms. The Hall–Kier alpha value is -1.36. The summed E-state index contributed by atoms with van der Waals surface area (Å²) >= 11 is 0. The zero-order valence-electron chi connectivity index (χ0n) is 10.9. The molecule has 1 aromatic rings. The predicted molar refractivity (Wildman–Crippen MR) is 65.6 cm³/mol. The number of carbonyl (C=O) groups is 1. The van der Waals surface area contributed by atoms with E-state index in [-0.39, 0.29) is 11.4 Å². The van der Waals surface area contributed by atoms with E-state index in [1.165, 1.54) is 0 Å². The van der Waals surface area contributed by atoms with Crippen LogP contribution in [-0.4, -0.2) is 39.2 Å². The third-order valence-corrected chi connectivity index (χ3v) is 3.87. The van der Waals surface area contributed by atoms with Crippen LogP contribution in [0.15, 0.2) is 6.20 Å². The molecular weight excluding hydrogens is 216 g/mol. The first-order valence-electron chi connectivity index (χ1n) is 5.92. The molecule has 1 aliphatic heterocycles. The maximum Gasteiger partial charge on any atom is 0.257 e. The van der Waals surface area contributed by atoms with Crippen LogP contribution >= 0.6 is 0 Å². The van der Waals surface area contributed by atoms with Crippen molar-refractivity contribution in [2.75, 3.05) is 13.1 Å². The van der Waals surface area contributed by atoms with Crippen LogP contribution in [0.25, 0.3) is 0 Å². The maximum absolute atomic E-state index is 12.2. The monoisotopic (exact) mass is 236 g/mol. The summed E-state index contributed by atoms with van der Waals surface area (Å²) in [6.07, 6.45) is 1.63. The number of hydrogen-bond acceptors (Lipinski definition) is 3. The molecule has 0 spiro atoms. The van der Waals surface area contributed by atoms with Gasteiger partial charge in [0, 0.05) is 25.8 Å². The van der Waals surface area contributed by atoms with Gasteiger partial charge in [-0.1, -0.05) is 13.8 Å². The van der Waals surface area contributed by atoms with E-state index < -0.39 is 0 Å². The Bertz CT molecular complexity index is 443. The molecule has 2 rings (SSSR count). The summed E-state index contributed by atoms with van der Waals surface area (Å²) < 4.78 is 1.71. The molecule has 17 heavy (non-hydrogen) atoms. The van der Waals surface area contributed by atoms with Crippen LogP contribution in [0.2, 0.25) is 0 Å². The normalized spacial score (nSPS) is 18.4. The molecule has 2 N–H and O–H groups in total. The number of nitrogens with zero attached hydrogens (tertiary/aromatic N) is 3. The molecule has 1 aromatic heterocycles. The highest BCUT2D eigenvalue weighted by Gasteiger charge is 2.44. The van der Waals surface area contributed by atoms with E-state index in [4.69, 9.17) is 5.73 Å². The average molecular weight is 236 g/mol. The number of amides is 1. The maximum atomic E-state index is 12.2. The van der Waals surface area contributed by atoms with Gasteiger partial charge in [-0.05, 0) is 12.8 Å². The molecule has 0 radical (unpaired) electrons. The second-order valence-electron chi connectivity index (χ2n) is 5.32. The lowest BCUT2D eigenvalue weighted by molar-refractivity contribution is 0.0274. The fourth-order valence-corrected chi connectivity index (χ4v) is 2.05. The number of hydrogen-bond donors (Lipinski definition) is 1. The molecule has 0 aromatic carbocycles. The van der Waals surface area contributed by atoms with Gasteiger partial charge in [0.1, 0.15) is 0 Å². The second-order valence-corrected chi connectivity index (χ2v) is 5.32. The Labute approximate surface area is 102 Å². The van der Waals surface area contributed by atoms with Gasteiger partial charge in [-0.2, -0.15) is 5.10 Å². The molecule has 0 aliphatic carbocycles. The summed E-state index contributed by atoms with van der Waals surface area (Å²) in [6, 6.07) is 0. The largest absolute Gasteiger partial charge is 0.335 e. The third kappa shape index (κ3) is 1.84. The van der Waals surface area contributed by atoms with E-state index in [9.17, 15) is 4.79 Å². The minimum absolute atomic E-state index is 0.0392. The van der Waals surface area contributed by atoms with Crippen molar-refractivity contribution in [3.8, 4) is 0 Å². The van der Waals surface area contributed by atoms with Gasteiger partial charge in [0.05, 0.1) is 17.3 Å². The van der Waals surface area contributed by atoms with Crippen molar-refractivity contribution >= 4 is 5.91 Å². The van der Waals surface area contributed by atoms with Crippen LogP contribution in [-0.2, 0) is 7.05 Å². The molecule has 1 fully saturated rings. The first-order valence-corrected chi connectivity index (χ1v) is 5.92. The number of aryl methyl sites for hydroxylation is 1. The van der Waals surface area contributed by atoms with Crippen LogP contribution in [0, 0.1) is 12.8 Å². The minimum Gasteiger partial charge on any atom is -0.335 e. The summed E-state index contributed by atoms with van der Waals surface area (Å²) in [4.78, 5) is 14.0. The van der Waals surface area contributed by atoms with Gasteiger partial charge < -0.3 is 10.6 Å². The zero-order valence-corrected chi connectivity index (χ0v) is 10.9. The first kappa shape index (κ1) is 12.1. The van der Waals surface area contributed by atoms with Gasteiger partial charge in [0.15, 0.2) is 0 Å². The molecule has 0 bridgehead atoms. The molecule has 0 saturated carbocycles. The highest BCUT2D eigenvalue weighted by atomic mass is 16.2. The molecule has 2 heterocycles. The van der Waals surface area contributed by atoms with E-state index in [0.29, 0.717) is 24.6 Å². The molecule has 1 aliphatic rings. The summed E-state index contributed by atoms with van der Waals surface area (Å²) in [6.45, 7) is 7.36. The van der Waals surface area contributed by atoms with E-state index in [0.717, 1.165) is 5.69 Å². The van der Waals surface area contributed by atoms with E-state index in [2.05, 4.69) is 18.9 Å². The summed E-state index contributed by atoms with van der Waals surface area (Å²) in [5.41, 5.74) is 7.54. The highest BCUT2D eigenvalue weighted by molar-refractivity contribution is 5.95. The van der Waals surface area contributed by atoms with Crippen molar-refractivity contribution in [2.24, 2.45) is 18.7 Å².